The summed E-state index contributed by atoms with van der Waals surface area (Å²) in [7, 11) is 1.78. The Labute approximate surface area is 106 Å². The van der Waals surface area contributed by atoms with Gasteiger partial charge in [0.25, 0.3) is 0 Å². The molecule has 0 aliphatic heterocycles. The number of carbonyl (C=O) groups excluding carboxylic acids is 1. The van der Waals surface area contributed by atoms with Crippen LogP contribution in [0.3, 0.4) is 0 Å². The molecule has 0 spiro atoms. The van der Waals surface area contributed by atoms with E-state index in [0.29, 0.717) is 36.1 Å². The average Bonchev–Trinajstić information content (AvgIpc) is 3.06. The summed E-state index contributed by atoms with van der Waals surface area (Å²) >= 11 is 0. The zero-order valence-electron chi connectivity index (χ0n) is 10.7. The fourth-order valence-electron chi connectivity index (χ4n) is 1.82. The number of hydrogen-bond donors (Lipinski definition) is 2. The molecule has 0 aromatic carbocycles. The largest absolute Gasteiger partial charge is 0.369 e. The first-order chi connectivity index (χ1) is 8.61. The summed E-state index contributed by atoms with van der Waals surface area (Å²) in [6.07, 6.45) is 2.60. The Morgan fingerprint density at radius 3 is 2.94 bits per heavy atom. The standard InChI is InChI=1S/C12H17N5O/c1-8-10(7-13)12(17(2)16-8)14-6-5-11(18)15-9-3-4-9/h9,14H,3-6H2,1-2H3,(H,15,18). The molecule has 1 amide bonds. The minimum Gasteiger partial charge on any atom is -0.369 e. The van der Waals surface area contributed by atoms with Crippen molar-refractivity contribution in [3.05, 3.63) is 11.3 Å². The quantitative estimate of drug-likeness (QED) is 0.801. The van der Waals surface area contributed by atoms with E-state index < -0.39 is 0 Å². The molecule has 1 aromatic rings. The number of nitriles is 1. The van der Waals surface area contributed by atoms with Gasteiger partial charge in [-0.15, -0.1) is 0 Å². The molecule has 18 heavy (non-hydrogen) atoms. The number of nitrogens with zero attached hydrogens (tertiary/aromatic N) is 3. The van der Waals surface area contributed by atoms with Gasteiger partial charge in [0.1, 0.15) is 17.5 Å². The van der Waals surface area contributed by atoms with Crippen molar-refractivity contribution < 1.29 is 4.79 Å². The summed E-state index contributed by atoms with van der Waals surface area (Å²) in [6.45, 7) is 2.30. The molecule has 2 rings (SSSR count). The third-order valence-electron chi connectivity index (χ3n) is 2.92. The van der Waals surface area contributed by atoms with E-state index in [1.54, 1.807) is 18.7 Å². The van der Waals surface area contributed by atoms with Gasteiger partial charge in [0.05, 0.1) is 5.69 Å². The predicted molar refractivity (Wildman–Crippen MR) is 66.9 cm³/mol. The fraction of sp³-hybridized carbons (Fsp3) is 0.583. The Balaban J connectivity index is 1.86. The molecule has 1 heterocycles. The third-order valence-corrected chi connectivity index (χ3v) is 2.92. The molecule has 2 N–H and O–H groups in total. The van der Waals surface area contributed by atoms with E-state index >= 15 is 0 Å². The second-order valence-electron chi connectivity index (χ2n) is 4.56. The topological polar surface area (TPSA) is 82.7 Å². The van der Waals surface area contributed by atoms with Crippen LogP contribution >= 0.6 is 0 Å². The van der Waals surface area contributed by atoms with Crippen molar-refractivity contribution in [2.24, 2.45) is 7.05 Å². The number of rotatable bonds is 5. The zero-order valence-corrected chi connectivity index (χ0v) is 10.7. The van der Waals surface area contributed by atoms with Crippen LogP contribution in [-0.4, -0.2) is 28.3 Å². The summed E-state index contributed by atoms with van der Waals surface area (Å²) < 4.78 is 1.63. The third kappa shape index (κ3) is 2.80. The zero-order chi connectivity index (χ0) is 13.1. The number of nitrogens with one attached hydrogen (secondary N) is 2. The number of aryl methyl sites for hydroxylation is 2. The lowest BCUT2D eigenvalue weighted by atomic mass is 10.2. The average molecular weight is 247 g/mol. The van der Waals surface area contributed by atoms with Crippen molar-refractivity contribution in [3.8, 4) is 6.07 Å². The minimum atomic E-state index is 0.0578. The Morgan fingerprint density at radius 1 is 1.61 bits per heavy atom. The second kappa shape index (κ2) is 5.08. The highest BCUT2D eigenvalue weighted by molar-refractivity contribution is 5.77. The van der Waals surface area contributed by atoms with Crippen LogP contribution in [0.1, 0.15) is 30.5 Å². The number of hydrogen-bond acceptors (Lipinski definition) is 4. The molecule has 96 valence electrons. The lowest BCUT2D eigenvalue weighted by molar-refractivity contribution is -0.120. The Morgan fingerprint density at radius 2 is 2.33 bits per heavy atom. The van der Waals surface area contributed by atoms with Crippen LogP contribution in [0.5, 0.6) is 0 Å². The molecule has 6 heteroatoms. The van der Waals surface area contributed by atoms with Gasteiger partial charge >= 0.3 is 0 Å². The first-order valence-corrected chi connectivity index (χ1v) is 6.08. The lowest BCUT2D eigenvalue weighted by Gasteiger charge is -2.07. The van der Waals surface area contributed by atoms with Gasteiger partial charge in [-0.25, -0.2) is 0 Å². The maximum atomic E-state index is 11.5. The molecule has 1 aliphatic rings. The Hall–Kier alpha value is -2.03. The smallest absolute Gasteiger partial charge is 0.221 e. The highest BCUT2D eigenvalue weighted by Crippen LogP contribution is 2.19. The van der Waals surface area contributed by atoms with Crippen LogP contribution < -0.4 is 10.6 Å². The normalized spacial score (nSPS) is 14.1. The predicted octanol–water partition coefficient (Wildman–Crippen LogP) is 0.681. The van der Waals surface area contributed by atoms with Crippen molar-refractivity contribution in [3.63, 3.8) is 0 Å². The number of anilines is 1. The van der Waals surface area contributed by atoms with E-state index in [9.17, 15) is 4.79 Å². The summed E-state index contributed by atoms with van der Waals surface area (Å²) in [5.41, 5.74) is 1.24. The van der Waals surface area contributed by atoms with E-state index in [0.717, 1.165) is 12.8 Å². The molecule has 0 saturated heterocycles. The molecular formula is C12H17N5O. The number of amides is 1. The van der Waals surface area contributed by atoms with Crippen LogP contribution in [0.4, 0.5) is 5.82 Å². The van der Waals surface area contributed by atoms with Crippen LogP contribution in [0.2, 0.25) is 0 Å². The molecular weight excluding hydrogens is 230 g/mol. The Kier molecular flexibility index (Phi) is 3.51. The highest BCUT2D eigenvalue weighted by Gasteiger charge is 2.22. The molecule has 6 nitrogen and oxygen atoms in total. The Bertz CT molecular complexity index is 495. The minimum absolute atomic E-state index is 0.0578. The number of carbonyl (C=O) groups is 1. The van der Waals surface area contributed by atoms with Gasteiger partial charge in [0.15, 0.2) is 0 Å². The molecule has 1 saturated carbocycles. The van der Waals surface area contributed by atoms with Crippen LogP contribution in [-0.2, 0) is 11.8 Å². The summed E-state index contributed by atoms with van der Waals surface area (Å²) in [5, 5.41) is 19.2. The van der Waals surface area contributed by atoms with E-state index in [-0.39, 0.29) is 5.91 Å². The van der Waals surface area contributed by atoms with Crippen molar-refractivity contribution in [2.75, 3.05) is 11.9 Å². The summed E-state index contributed by atoms with van der Waals surface area (Å²) in [5.74, 6) is 0.733. The van der Waals surface area contributed by atoms with Gasteiger partial charge in [0, 0.05) is 26.1 Å². The maximum absolute atomic E-state index is 11.5. The van der Waals surface area contributed by atoms with Crippen molar-refractivity contribution >= 4 is 11.7 Å². The first-order valence-electron chi connectivity index (χ1n) is 6.08. The summed E-state index contributed by atoms with van der Waals surface area (Å²) in [6, 6.07) is 2.51. The van der Waals surface area contributed by atoms with E-state index in [1.807, 2.05) is 0 Å². The van der Waals surface area contributed by atoms with E-state index in [1.165, 1.54) is 0 Å². The van der Waals surface area contributed by atoms with Crippen molar-refractivity contribution in [1.82, 2.24) is 15.1 Å². The van der Waals surface area contributed by atoms with Crippen molar-refractivity contribution in [2.45, 2.75) is 32.2 Å². The van der Waals surface area contributed by atoms with Gasteiger partial charge in [-0.05, 0) is 19.8 Å². The van der Waals surface area contributed by atoms with Gasteiger partial charge < -0.3 is 10.6 Å². The molecule has 0 bridgehead atoms. The monoisotopic (exact) mass is 247 g/mol. The van der Waals surface area contributed by atoms with Gasteiger partial charge in [-0.1, -0.05) is 0 Å². The van der Waals surface area contributed by atoms with Crippen LogP contribution in [0, 0.1) is 18.3 Å². The molecule has 0 unspecified atom stereocenters. The molecule has 1 aromatic heterocycles. The second-order valence-corrected chi connectivity index (χ2v) is 4.56. The van der Waals surface area contributed by atoms with Crippen molar-refractivity contribution in [1.29, 1.82) is 5.26 Å². The fourth-order valence-corrected chi connectivity index (χ4v) is 1.82. The van der Waals surface area contributed by atoms with Crippen LogP contribution in [0.15, 0.2) is 0 Å². The molecule has 1 aliphatic carbocycles. The van der Waals surface area contributed by atoms with Gasteiger partial charge in [-0.3, -0.25) is 9.48 Å². The molecule has 0 radical (unpaired) electrons. The van der Waals surface area contributed by atoms with Gasteiger partial charge in [0.2, 0.25) is 5.91 Å². The first kappa shape index (κ1) is 12.4. The van der Waals surface area contributed by atoms with E-state index in [2.05, 4.69) is 21.8 Å². The SMILES string of the molecule is Cc1nn(C)c(NCCC(=O)NC2CC2)c1C#N. The maximum Gasteiger partial charge on any atom is 0.221 e. The lowest BCUT2D eigenvalue weighted by Crippen LogP contribution is -2.27. The molecule has 0 atom stereocenters. The highest BCUT2D eigenvalue weighted by atomic mass is 16.1. The van der Waals surface area contributed by atoms with E-state index in [4.69, 9.17) is 5.26 Å². The van der Waals surface area contributed by atoms with Gasteiger partial charge in [-0.2, -0.15) is 10.4 Å². The molecule has 1 fully saturated rings. The van der Waals surface area contributed by atoms with Crippen LogP contribution in [0.25, 0.3) is 0 Å². The number of aromatic nitrogens is 2. The summed E-state index contributed by atoms with van der Waals surface area (Å²) in [4.78, 5) is 11.5.